The van der Waals surface area contributed by atoms with Crippen molar-refractivity contribution in [3.8, 4) is 10.6 Å². The minimum Gasteiger partial charge on any atom is -0.356 e. The molecule has 1 unspecified atom stereocenters. The molecule has 0 bridgehead atoms. The monoisotopic (exact) mass is 370 g/mol. The van der Waals surface area contributed by atoms with E-state index in [1.165, 1.54) is 5.56 Å². The number of amides is 1. The zero-order valence-corrected chi connectivity index (χ0v) is 16.1. The van der Waals surface area contributed by atoms with E-state index in [2.05, 4.69) is 51.8 Å². The van der Waals surface area contributed by atoms with Gasteiger partial charge in [-0.25, -0.2) is 4.98 Å². The summed E-state index contributed by atoms with van der Waals surface area (Å²) in [6, 6.07) is 10.4. The Hall–Kier alpha value is -1.76. The minimum atomic E-state index is 0.107. The molecular formula is C20H26N4OS. The Labute approximate surface area is 159 Å². The molecule has 0 aliphatic carbocycles. The van der Waals surface area contributed by atoms with Crippen LogP contribution in [0, 0.1) is 0 Å². The summed E-state index contributed by atoms with van der Waals surface area (Å²) in [5.41, 5.74) is 2.44. The van der Waals surface area contributed by atoms with Crippen LogP contribution in [-0.4, -0.2) is 59.5 Å². The van der Waals surface area contributed by atoms with Gasteiger partial charge in [0.05, 0.1) is 5.69 Å². The lowest BCUT2D eigenvalue weighted by atomic mass is 9.86. The van der Waals surface area contributed by atoms with Crippen LogP contribution in [0.4, 0.5) is 0 Å². The third-order valence-electron chi connectivity index (χ3n) is 5.77. The van der Waals surface area contributed by atoms with Gasteiger partial charge in [-0.2, -0.15) is 0 Å². The third kappa shape index (κ3) is 3.68. The molecule has 1 aromatic heterocycles. The molecule has 3 heterocycles. The van der Waals surface area contributed by atoms with Crippen molar-refractivity contribution < 1.29 is 4.79 Å². The highest BCUT2D eigenvalue weighted by Crippen LogP contribution is 2.31. The molecule has 1 spiro atoms. The lowest BCUT2D eigenvalue weighted by molar-refractivity contribution is -0.121. The van der Waals surface area contributed by atoms with Gasteiger partial charge < -0.3 is 5.32 Å². The number of carbonyl (C=O) groups excluding carboxylic acids is 1. The molecule has 2 aromatic rings. The summed E-state index contributed by atoms with van der Waals surface area (Å²) < 4.78 is 0. The summed E-state index contributed by atoms with van der Waals surface area (Å²) >= 11 is 1.72. The predicted octanol–water partition coefficient (Wildman–Crippen LogP) is 2.60. The number of thiazole rings is 1. The molecule has 2 saturated heterocycles. The summed E-state index contributed by atoms with van der Waals surface area (Å²) in [5, 5.41) is 6.31. The molecule has 5 nitrogen and oxygen atoms in total. The number of benzene rings is 1. The van der Waals surface area contributed by atoms with Crippen molar-refractivity contribution >= 4 is 17.2 Å². The van der Waals surface area contributed by atoms with Gasteiger partial charge in [0.15, 0.2) is 0 Å². The number of piperazine rings is 1. The summed E-state index contributed by atoms with van der Waals surface area (Å²) in [7, 11) is 2.21. The molecule has 4 rings (SSSR count). The molecule has 0 saturated carbocycles. The fourth-order valence-corrected chi connectivity index (χ4v) is 4.95. The van der Waals surface area contributed by atoms with E-state index in [0.29, 0.717) is 6.42 Å². The number of nitrogens with one attached hydrogen (secondary N) is 1. The summed E-state index contributed by atoms with van der Waals surface area (Å²) in [6.45, 7) is 4.78. The average molecular weight is 371 g/mol. The number of likely N-dealkylation sites (N-methyl/N-ethyl adjacent to an activating group) is 1. The van der Waals surface area contributed by atoms with Crippen LogP contribution in [0.3, 0.4) is 0 Å². The van der Waals surface area contributed by atoms with Crippen LogP contribution in [0.15, 0.2) is 35.7 Å². The minimum absolute atomic E-state index is 0.107. The topological polar surface area (TPSA) is 48.5 Å². The highest BCUT2D eigenvalue weighted by atomic mass is 32.1. The van der Waals surface area contributed by atoms with Gasteiger partial charge in [-0.3, -0.25) is 14.6 Å². The molecule has 2 fully saturated rings. The summed E-state index contributed by atoms with van der Waals surface area (Å²) in [4.78, 5) is 21.6. The lowest BCUT2D eigenvalue weighted by Crippen LogP contribution is -2.60. The Bertz CT molecular complexity index is 762. The van der Waals surface area contributed by atoms with E-state index >= 15 is 0 Å². The van der Waals surface area contributed by atoms with E-state index in [9.17, 15) is 4.79 Å². The van der Waals surface area contributed by atoms with Gasteiger partial charge in [0.2, 0.25) is 5.91 Å². The zero-order chi connectivity index (χ0) is 18.0. The van der Waals surface area contributed by atoms with Gasteiger partial charge in [0.25, 0.3) is 0 Å². The Morgan fingerprint density at radius 2 is 2.08 bits per heavy atom. The largest absolute Gasteiger partial charge is 0.356 e. The predicted molar refractivity (Wildman–Crippen MR) is 105 cm³/mol. The summed E-state index contributed by atoms with van der Waals surface area (Å²) in [6.07, 6.45) is 2.60. The first-order valence-electron chi connectivity index (χ1n) is 9.35. The van der Waals surface area contributed by atoms with Crippen molar-refractivity contribution in [2.75, 3.05) is 33.2 Å². The van der Waals surface area contributed by atoms with Crippen molar-refractivity contribution in [1.29, 1.82) is 0 Å². The van der Waals surface area contributed by atoms with E-state index < -0.39 is 0 Å². The number of nitrogens with zero attached hydrogens (tertiary/aromatic N) is 3. The van der Waals surface area contributed by atoms with Crippen LogP contribution in [0.5, 0.6) is 0 Å². The van der Waals surface area contributed by atoms with Crippen LogP contribution in [-0.2, 0) is 11.3 Å². The number of hydrogen-bond acceptors (Lipinski definition) is 5. The normalized spacial score (nSPS) is 25.2. The van der Waals surface area contributed by atoms with E-state index in [4.69, 9.17) is 4.98 Å². The fraction of sp³-hybridized carbons (Fsp3) is 0.500. The first-order valence-corrected chi connectivity index (χ1v) is 10.2. The van der Waals surface area contributed by atoms with E-state index in [1.54, 1.807) is 11.3 Å². The maximum Gasteiger partial charge on any atom is 0.220 e. The molecule has 0 radical (unpaired) electrons. The molecule has 1 aromatic carbocycles. The molecule has 2 aliphatic heterocycles. The molecule has 2 aliphatic rings. The second-order valence-corrected chi connectivity index (χ2v) is 8.32. The maximum atomic E-state index is 11.8. The third-order valence-corrected chi connectivity index (χ3v) is 6.71. The standard InChI is InChI=1S/C20H26N4OS/c1-23-11-12-24(15-20(23)8-7-18(25)21-10-9-20)13-17-14-26-19(22-17)16-5-3-2-4-6-16/h2-6,14H,7-13,15H2,1H3,(H,21,25). The Morgan fingerprint density at radius 1 is 1.23 bits per heavy atom. The quantitative estimate of drug-likeness (QED) is 0.902. The van der Waals surface area contributed by atoms with Crippen molar-refractivity contribution in [1.82, 2.24) is 20.1 Å². The number of hydrogen-bond donors (Lipinski definition) is 1. The summed E-state index contributed by atoms with van der Waals surface area (Å²) in [5.74, 6) is 0.194. The fourth-order valence-electron chi connectivity index (χ4n) is 4.14. The Morgan fingerprint density at radius 3 is 2.92 bits per heavy atom. The van der Waals surface area contributed by atoms with Crippen LogP contribution in [0.2, 0.25) is 0 Å². The van der Waals surface area contributed by atoms with Crippen molar-refractivity contribution in [2.24, 2.45) is 0 Å². The number of rotatable bonds is 3. The molecule has 1 N–H and O–H groups in total. The molecule has 1 atom stereocenters. The van der Waals surface area contributed by atoms with Crippen molar-refractivity contribution in [3.05, 3.63) is 41.4 Å². The van der Waals surface area contributed by atoms with Crippen LogP contribution < -0.4 is 5.32 Å². The van der Waals surface area contributed by atoms with Crippen molar-refractivity contribution in [3.63, 3.8) is 0 Å². The second-order valence-electron chi connectivity index (χ2n) is 7.47. The van der Waals surface area contributed by atoms with Crippen LogP contribution in [0.25, 0.3) is 10.6 Å². The molecule has 26 heavy (non-hydrogen) atoms. The lowest BCUT2D eigenvalue weighted by Gasteiger charge is -2.49. The van der Waals surface area contributed by atoms with Gasteiger partial charge in [-0.05, 0) is 19.9 Å². The molecular weight excluding hydrogens is 344 g/mol. The average Bonchev–Trinajstić information content (AvgIpc) is 3.04. The van der Waals surface area contributed by atoms with E-state index in [1.807, 2.05) is 6.07 Å². The van der Waals surface area contributed by atoms with Gasteiger partial charge in [0, 0.05) is 55.6 Å². The van der Waals surface area contributed by atoms with E-state index in [0.717, 1.165) is 56.3 Å². The van der Waals surface area contributed by atoms with E-state index in [-0.39, 0.29) is 11.4 Å². The first-order chi connectivity index (χ1) is 12.6. The van der Waals surface area contributed by atoms with Crippen LogP contribution >= 0.6 is 11.3 Å². The number of carbonyl (C=O) groups is 1. The van der Waals surface area contributed by atoms with Crippen molar-refractivity contribution in [2.45, 2.75) is 31.3 Å². The van der Waals surface area contributed by atoms with Gasteiger partial charge in [-0.15, -0.1) is 11.3 Å². The Balaban J connectivity index is 1.45. The van der Waals surface area contributed by atoms with Crippen LogP contribution in [0.1, 0.15) is 25.0 Å². The molecule has 1 amide bonds. The molecule has 6 heteroatoms. The second kappa shape index (κ2) is 7.47. The van der Waals surface area contributed by atoms with Gasteiger partial charge in [-0.1, -0.05) is 30.3 Å². The molecule has 138 valence electrons. The maximum absolute atomic E-state index is 11.8. The smallest absolute Gasteiger partial charge is 0.220 e. The Kier molecular flexibility index (Phi) is 5.07. The highest BCUT2D eigenvalue weighted by molar-refractivity contribution is 7.13. The SMILES string of the molecule is CN1CCN(Cc2csc(-c3ccccc3)n2)CC12CCNC(=O)CC2. The zero-order valence-electron chi connectivity index (χ0n) is 15.3. The highest BCUT2D eigenvalue weighted by Gasteiger charge is 2.40. The number of aromatic nitrogens is 1. The van der Waals surface area contributed by atoms with Gasteiger partial charge >= 0.3 is 0 Å². The van der Waals surface area contributed by atoms with Gasteiger partial charge in [0.1, 0.15) is 5.01 Å². The first kappa shape index (κ1) is 17.6.